The lowest BCUT2D eigenvalue weighted by Crippen LogP contribution is -2.36. The molecule has 3 rings (SSSR count). The van der Waals surface area contributed by atoms with Crippen LogP contribution in [0.4, 0.5) is 5.13 Å². The minimum Gasteiger partial charge on any atom is -0.506 e. The van der Waals surface area contributed by atoms with Gasteiger partial charge in [-0.05, 0) is 12.1 Å². The molecule has 84 valence electrons. The Kier molecular flexibility index (Phi) is 2.41. The predicted octanol–water partition coefficient (Wildman–Crippen LogP) is 1.84. The number of aromatic nitrogens is 1. The van der Waals surface area contributed by atoms with Crippen molar-refractivity contribution >= 4 is 26.7 Å². The molecule has 2 aromatic rings. The summed E-state index contributed by atoms with van der Waals surface area (Å²) in [6.45, 7) is 3.25. The van der Waals surface area contributed by atoms with Crippen molar-refractivity contribution in [2.45, 2.75) is 0 Å². The lowest BCUT2D eigenvalue weighted by atomic mass is 10.3. The van der Waals surface area contributed by atoms with Crippen LogP contribution in [0.3, 0.4) is 0 Å². The van der Waals surface area contributed by atoms with Crippen LogP contribution >= 0.6 is 11.3 Å². The molecule has 1 N–H and O–H groups in total. The van der Waals surface area contributed by atoms with Crippen molar-refractivity contribution in [3.05, 3.63) is 18.2 Å². The van der Waals surface area contributed by atoms with Gasteiger partial charge in [-0.15, -0.1) is 0 Å². The third-order valence-electron chi connectivity index (χ3n) is 2.66. The number of aromatic hydroxyl groups is 1. The first-order valence-corrected chi connectivity index (χ1v) is 6.07. The highest BCUT2D eigenvalue weighted by atomic mass is 32.1. The lowest BCUT2D eigenvalue weighted by Gasteiger charge is -2.25. The normalized spacial score (nSPS) is 16.9. The van der Waals surface area contributed by atoms with Crippen LogP contribution in [0.5, 0.6) is 5.75 Å². The molecule has 1 aromatic carbocycles. The van der Waals surface area contributed by atoms with Gasteiger partial charge >= 0.3 is 0 Å². The molecule has 1 saturated heterocycles. The number of nitrogens with zero attached hydrogens (tertiary/aromatic N) is 2. The fourth-order valence-corrected chi connectivity index (χ4v) is 2.84. The van der Waals surface area contributed by atoms with E-state index in [4.69, 9.17) is 4.74 Å². The minimum atomic E-state index is 0.314. The molecule has 1 aliphatic rings. The van der Waals surface area contributed by atoms with Gasteiger partial charge in [-0.1, -0.05) is 17.4 Å². The van der Waals surface area contributed by atoms with Crippen LogP contribution in [0.25, 0.3) is 10.2 Å². The molecule has 0 bridgehead atoms. The molecule has 0 amide bonds. The monoisotopic (exact) mass is 236 g/mol. The summed E-state index contributed by atoms with van der Waals surface area (Å²) in [5.74, 6) is 0.314. The van der Waals surface area contributed by atoms with Crippen LogP contribution in [0, 0.1) is 0 Å². The Morgan fingerprint density at radius 1 is 1.31 bits per heavy atom. The summed E-state index contributed by atoms with van der Waals surface area (Å²) in [6.07, 6.45) is 0. The van der Waals surface area contributed by atoms with Crippen molar-refractivity contribution < 1.29 is 9.84 Å². The number of phenolic OH excluding ortho intramolecular Hbond substituents is 1. The van der Waals surface area contributed by atoms with E-state index in [2.05, 4.69) is 9.88 Å². The molecule has 16 heavy (non-hydrogen) atoms. The number of morpholine rings is 1. The zero-order valence-electron chi connectivity index (χ0n) is 8.72. The van der Waals surface area contributed by atoms with Gasteiger partial charge in [0.25, 0.3) is 0 Å². The SMILES string of the molecule is Oc1cccc2nc(N3CCOCC3)sc12. The minimum absolute atomic E-state index is 0.314. The van der Waals surface area contributed by atoms with Crippen molar-refractivity contribution in [3.8, 4) is 5.75 Å². The Hall–Kier alpha value is -1.33. The average molecular weight is 236 g/mol. The van der Waals surface area contributed by atoms with Gasteiger partial charge in [-0.25, -0.2) is 4.98 Å². The summed E-state index contributed by atoms with van der Waals surface area (Å²) in [7, 11) is 0. The van der Waals surface area contributed by atoms with Gasteiger partial charge in [0, 0.05) is 13.1 Å². The Balaban J connectivity index is 2.01. The van der Waals surface area contributed by atoms with Crippen molar-refractivity contribution in [1.82, 2.24) is 4.98 Å². The molecule has 1 aliphatic heterocycles. The zero-order valence-corrected chi connectivity index (χ0v) is 9.54. The van der Waals surface area contributed by atoms with Gasteiger partial charge in [-0.3, -0.25) is 0 Å². The first-order valence-electron chi connectivity index (χ1n) is 5.26. The van der Waals surface area contributed by atoms with Gasteiger partial charge in [0.1, 0.15) is 5.75 Å². The van der Waals surface area contributed by atoms with Crippen LogP contribution in [0.2, 0.25) is 0 Å². The molecule has 0 spiro atoms. The molecule has 0 atom stereocenters. The van der Waals surface area contributed by atoms with Crippen LogP contribution in [0.1, 0.15) is 0 Å². The van der Waals surface area contributed by atoms with Crippen molar-refractivity contribution in [3.63, 3.8) is 0 Å². The van der Waals surface area contributed by atoms with E-state index in [1.165, 1.54) is 11.3 Å². The van der Waals surface area contributed by atoms with Gasteiger partial charge in [0.2, 0.25) is 0 Å². The number of rotatable bonds is 1. The Morgan fingerprint density at radius 3 is 2.88 bits per heavy atom. The van der Waals surface area contributed by atoms with Gasteiger partial charge in [0.05, 0.1) is 23.4 Å². The van der Waals surface area contributed by atoms with Crippen LogP contribution in [-0.2, 0) is 4.74 Å². The molecular weight excluding hydrogens is 224 g/mol. The molecule has 0 unspecified atom stereocenters. The zero-order chi connectivity index (χ0) is 11.0. The quantitative estimate of drug-likeness (QED) is 0.820. The Morgan fingerprint density at radius 2 is 2.12 bits per heavy atom. The molecule has 2 heterocycles. The van der Waals surface area contributed by atoms with E-state index in [-0.39, 0.29) is 0 Å². The highest BCUT2D eigenvalue weighted by Gasteiger charge is 2.16. The van der Waals surface area contributed by atoms with Gasteiger partial charge < -0.3 is 14.7 Å². The van der Waals surface area contributed by atoms with Crippen molar-refractivity contribution in [2.75, 3.05) is 31.2 Å². The maximum Gasteiger partial charge on any atom is 0.186 e. The van der Waals surface area contributed by atoms with E-state index in [1.54, 1.807) is 6.07 Å². The molecule has 1 fully saturated rings. The highest BCUT2D eigenvalue weighted by molar-refractivity contribution is 7.22. The van der Waals surface area contributed by atoms with Gasteiger partial charge in [-0.2, -0.15) is 0 Å². The molecular formula is C11H12N2O2S. The van der Waals surface area contributed by atoms with Gasteiger partial charge in [0.15, 0.2) is 5.13 Å². The smallest absolute Gasteiger partial charge is 0.186 e. The number of ether oxygens (including phenoxy) is 1. The Labute approximate surface area is 97.1 Å². The summed E-state index contributed by atoms with van der Waals surface area (Å²) < 4.78 is 6.17. The van der Waals surface area contributed by atoms with E-state index in [9.17, 15) is 5.11 Å². The third-order valence-corrected chi connectivity index (χ3v) is 3.82. The van der Waals surface area contributed by atoms with Crippen molar-refractivity contribution in [1.29, 1.82) is 0 Å². The molecule has 1 aromatic heterocycles. The second-order valence-corrected chi connectivity index (χ2v) is 4.70. The molecule has 0 radical (unpaired) electrons. The topological polar surface area (TPSA) is 45.6 Å². The van der Waals surface area contributed by atoms with Crippen LogP contribution in [0.15, 0.2) is 18.2 Å². The van der Waals surface area contributed by atoms with E-state index in [0.717, 1.165) is 41.7 Å². The summed E-state index contributed by atoms with van der Waals surface area (Å²) in [6, 6.07) is 5.44. The number of fused-ring (bicyclic) bond motifs is 1. The number of benzene rings is 1. The second kappa shape index (κ2) is 3.92. The molecule has 4 nitrogen and oxygen atoms in total. The maximum atomic E-state index is 9.71. The third kappa shape index (κ3) is 1.62. The lowest BCUT2D eigenvalue weighted by molar-refractivity contribution is 0.122. The molecule has 0 saturated carbocycles. The number of anilines is 1. The predicted molar refractivity (Wildman–Crippen MR) is 64.3 cm³/mol. The second-order valence-electron chi connectivity index (χ2n) is 3.72. The average Bonchev–Trinajstić information content (AvgIpc) is 2.76. The summed E-state index contributed by atoms with van der Waals surface area (Å²) in [5.41, 5.74) is 0.867. The van der Waals surface area contributed by atoms with E-state index < -0.39 is 0 Å². The summed E-state index contributed by atoms with van der Waals surface area (Å²) in [5, 5.41) is 10.7. The first-order chi connectivity index (χ1) is 7.84. The number of thiazole rings is 1. The number of hydrogen-bond acceptors (Lipinski definition) is 5. The van der Waals surface area contributed by atoms with E-state index in [1.807, 2.05) is 12.1 Å². The van der Waals surface area contributed by atoms with E-state index in [0.29, 0.717) is 5.75 Å². The van der Waals surface area contributed by atoms with Crippen molar-refractivity contribution in [2.24, 2.45) is 0 Å². The largest absolute Gasteiger partial charge is 0.506 e. The van der Waals surface area contributed by atoms with Crippen LogP contribution in [-0.4, -0.2) is 36.4 Å². The fraction of sp³-hybridized carbons (Fsp3) is 0.364. The first kappa shape index (κ1) is 9.86. The maximum absolute atomic E-state index is 9.71. The molecule has 5 heteroatoms. The molecule has 0 aliphatic carbocycles. The Bertz CT molecular complexity index is 506. The number of hydrogen-bond donors (Lipinski definition) is 1. The fourth-order valence-electron chi connectivity index (χ4n) is 1.81. The summed E-state index contributed by atoms with van der Waals surface area (Å²) >= 11 is 1.54. The highest BCUT2D eigenvalue weighted by Crippen LogP contribution is 2.34. The van der Waals surface area contributed by atoms with E-state index >= 15 is 0 Å². The number of phenols is 1. The standard InChI is InChI=1S/C11H12N2O2S/c14-9-3-1-2-8-10(9)16-11(12-8)13-4-6-15-7-5-13/h1-3,14H,4-7H2. The van der Waals surface area contributed by atoms with Crippen LogP contribution < -0.4 is 4.90 Å². The summed E-state index contributed by atoms with van der Waals surface area (Å²) in [4.78, 5) is 6.73.